The van der Waals surface area contributed by atoms with Crippen LogP contribution in [-0.2, 0) is 0 Å². The summed E-state index contributed by atoms with van der Waals surface area (Å²) in [5, 5.41) is 13.3. The van der Waals surface area contributed by atoms with Crippen molar-refractivity contribution in [3.05, 3.63) is 84.4 Å². The molecule has 4 rings (SSSR count). The van der Waals surface area contributed by atoms with Crippen molar-refractivity contribution in [3.8, 4) is 11.5 Å². The molecule has 0 fully saturated rings. The van der Waals surface area contributed by atoms with E-state index in [9.17, 15) is 0 Å². The van der Waals surface area contributed by atoms with Gasteiger partial charge in [-0.3, -0.25) is 5.43 Å². The lowest BCUT2D eigenvalue weighted by molar-refractivity contribution is 0.248. The standard InChI is InChI=1S/C22H20N4O2/c1-2-9-17(10-3-1)22-25-23-18-11-4-6-13-20(18)27-15-8-16-28-21-14-7-5-12-19(21)24-26-22/h1-7,9-14,23H,8,15-16H2/b25-22+,26-24?. The van der Waals surface area contributed by atoms with Crippen molar-refractivity contribution in [2.24, 2.45) is 15.3 Å². The smallest absolute Gasteiger partial charge is 0.201 e. The van der Waals surface area contributed by atoms with E-state index in [1.807, 2.05) is 78.9 Å². The fourth-order valence-electron chi connectivity index (χ4n) is 2.72. The molecule has 0 aliphatic carbocycles. The van der Waals surface area contributed by atoms with E-state index >= 15 is 0 Å². The van der Waals surface area contributed by atoms with E-state index in [-0.39, 0.29) is 0 Å². The number of rotatable bonds is 1. The van der Waals surface area contributed by atoms with Gasteiger partial charge in [0, 0.05) is 12.0 Å². The summed E-state index contributed by atoms with van der Waals surface area (Å²) < 4.78 is 11.8. The number of ether oxygens (including phenoxy) is 2. The molecule has 0 atom stereocenters. The summed E-state index contributed by atoms with van der Waals surface area (Å²) >= 11 is 0. The minimum absolute atomic E-state index is 0.460. The highest BCUT2D eigenvalue weighted by Gasteiger charge is 2.08. The largest absolute Gasteiger partial charge is 0.491 e. The van der Waals surface area contributed by atoms with Gasteiger partial charge in [-0.15, -0.1) is 10.2 Å². The van der Waals surface area contributed by atoms with Crippen molar-refractivity contribution in [1.82, 2.24) is 0 Å². The Morgan fingerprint density at radius 1 is 0.679 bits per heavy atom. The van der Waals surface area contributed by atoms with Crippen LogP contribution in [0.4, 0.5) is 11.4 Å². The van der Waals surface area contributed by atoms with Gasteiger partial charge in [-0.1, -0.05) is 54.6 Å². The van der Waals surface area contributed by atoms with E-state index < -0.39 is 0 Å². The molecular weight excluding hydrogens is 352 g/mol. The fourth-order valence-corrected chi connectivity index (χ4v) is 2.72. The predicted octanol–water partition coefficient (Wildman–Crippen LogP) is 5.41. The SMILES string of the molecule is c1ccc(/C2=N\Nc3ccccc3OCCCOc3ccccc3N=N2)cc1. The van der Waals surface area contributed by atoms with E-state index in [4.69, 9.17) is 9.47 Å². The molecule has 3 aromatic rings. The second kappa shape index (κ2) is 8.81. The second-order valence-corrected chi connectivity index (χ2v) is 6.13. The third-order valence-corrected chi connectivity index (χ3v) is 4.12. The average Bonchev–Trinajstić information content (AvgIpc) is 2.75. The number of nitrogens with zero attached hydrogens (tertiary/aromatic N) is 3. The van der Waals surface area contributed by atoms with Crippen LogP contribution in [0.25, 0.3) is 0 Å². The number of fused-ring (bicyclic) bond motifs is 2. The molecule has 1 N–H and O–H groups in total. The number of amidine groups is 1. The van der Waals surface area contributed by atoms with Crippen LogP contribution in [0.3, 0.4) is 0 Å². The summed E-state index contributed by atoms with van der Waals surface area (Å²) in [6.07, 6.45) is 0.748. The highest BCUT2D eigenvalue weighted by molar-refractivity contribution is 5.99. The lowest BCUT2D eigenvalue weighted by Gasteiger charge is -2.13. The number of para-hydroxylation sites is 3. The lowest BCUT2D eigenvalue weighted by Crippen LogP contribution is -2.07. The summed E-state index contributed by atoms with van der Waals surface area (Å²) in [7, 11) is 0. The lowest BCUT2D eigenvalue weighted by atomic mass is 10.2. The van der Waals surface area contributed by atoms with Crippen LogP contribution in [0, 0.1) is 0 Å². The molecule has 1 heterocycles. The molecule has 0 radical (unpaired) electrons. The number of azo groups is 1. The second-order valence-electron chi connectivity index (χ2n) is 6.13. The maximum Gasteiger partial charge on any atom is 0.201 e. The Morgan fingerprint density at radius 3 is 2.21 bits per heavy atom. The zero-order chi connectivity index (χ0) is 19.0. The fraction of sp³-hybridized carbons (Fsp3) is 0.136. The van der Waals surface area contributed by atoms with Crippen molar-refractivity contribution in [1.29, 1.82) is 0 Å². The van der Waals surface area contributed by atoms with Gasteiger partial charge in [0.25, 0.3) is 0 Å². The number of hydrogen-bond donors (Lipinski definition) is 1. The average molecular weight is 372 g/mol. The van der Waals surface area contributed by atoms with E-state index in [0.717, 1.165) is 23.4 Å². The quantitative estimate of drug-likeness (QED) is 0.621. The molecule has 0 saturated heterocycles. The molecule has 1 aliphatic heterocycles. The number of hydrazone groups is 1. The molecule has 0 aromatic heterocycles. The maximum atomic E-state index is 5.90. The summed E-state index contributed by atoms with van der Waals surface area (Å²) in [4.78, 5) is 0. The molecule has 6 nitrogen and oxygen atoms in total. The summed E-state index contributed by atoms with van der Waals surface area (Å²) in [5.41, 5.74) is 5.34. The van der Waals surface area contributed by atoms with Crippen LogP contribution in [0.2, 0.25) is 0 Å². The third-order valence-electron chi connectivity index (χ3n) is 4.12. The van der Waals surface area contributed by atoms with Gasteiger partial charge in [-0.05, 0) is 24.3 Å². The Hall–Kier alpha value is -3.67. The molecule has 0 amide bonds. The Balaban J connectivity index is 1.74. The van der Waals surface area contributed by atoms with Crippen molar-refractivity contribution in [3.63, 3.8) is 0 Å². The van der Waals surface area contributed by atoms with Gasteiger partial charge in [-0.2, -0.15) is 5.10 Å². The van der Waals surface area contributed by atoms with Crippen LogP contribution >= 0.6 is 0 Å². The van der Waals surface area contributed by atoms with Gasteiger partial charge in [0.15, 0.2) is 0 Å². The maximum absolute atomic E-state index is 5.90. The molecule has 3 aromatic carbocycles. The first-order valence-corrected chi connectivity index (χ1v) is 9.15. The predicted molar refractivity (Wildman–Crippen MR) is 110 cm³/mol. The van der Waals surface area contributed by atoms with E-state index in [2.05, 4.69) is 20.8 Å². The minimum atomic E-state index is 0.460. The first-order chi connectivity index (χ1) is 13.9. The molecule has 0 unspecified atom stereocenters. The number of nitrogens with one attached hydrogen (secondary N) is 1. The van der Waals surface area contributed by atoms with Crippen LogP contribution in [0.15, 0.2) is 94.2 Å². The Kier molecular flexibility index (Phi) is 5.58. The van der Waals surface area contributed by atoms with Crippen LogP contribution in [-0.4, -0.2) is 19.0 Å². The molecular formula is C22H20N4O2. The van der Waals surface area contributed by atoms with Gasteiger partial charge in [0.1, 0.15) is 17.2 Å². The first kappa shape index (κ1) is 17.7. The van der Waals surface area contributed by atoms with Crippen molar-refractivity contribution in [2.45, 2.75) is 6.42 Å². The Morgan fingerprint density at radius 2 is 1.36 bits per heavy atom. The van der Waals surface area contributed by atoms with Crippen LogP contribution < -0.4 is 14.9 Å². The van der Waals surface area contributed by atoms with Gasteiger partial charge >= 0.3 is 0 Å². The molecule has 28 heavy (non-hydrogen) atoms. The highest BCUT2D eigenvalue weighted by atomic mass is 16.5. The van der Waals surface area contributed by atoms with Crippen LogP contribution in [0.1, 0.15) is 12.0 Å². The van der Waals surface area contributed by atoms with Crippen molar-refractivity contribution >= 4 is 17.2 Å². The summed E-state index contributed by atoms with van der Waals surface area (Å²) in [5.74, 6) is 1.87. The third kappa shape index (κ3) is 4.35. The molecule has 0 saturated carbocycles. The number of hydrogen-bond acceptors (Lipinski definition) is 6. The zero-order valence-electron chi connectivity index (χ0n) is 15.3. The van der Waals surface area contributed by atoms with Gasteiger partial charge < -0.3 is 9.47 Å². The van der Waals surface area contributed by atoms with Gasteiger partial charge in [-0.25, -0.2) is 0 Å². The Labute approximate surface area is 163 Å². The monoisotopic (exact) mass is 372 g/mol. The van der Waals surface area contributed by atoms with E-state index in [1.165, 1.54) is 0 Å². The molecule has 1 aliphatic rings. The van der Waals surface area contributed by atoms with Gasteiger partial charge in [0.05, 0.1) is 18.9 Å². The minimum Gasteiger partial charge on any atom is -0.491 e. The highest BCUT2D eigenvalue weighted by Crippen LogP contribution is 2.28. The van der Waals surface area contributed by atoms with E-state index in [1.54, 1.807) is 0 Å². The molecule has 0 bridgehead atoms. The number of benzene rings is 3. The van der Waals surface area contributed by atoms with Crippen LogP contribution in [0.5, 0.6) is 11.5 Å². The van der Waals surface area contributed by atoms with Crippen molar-refractivity contribution in [2.75, 3.05) is 18.6 Å². The molecule has 6 heteroatoms. The normalized spacial score (nSPS) is 16.1. The summed E-state index contributed by atoms with van der Waals surface area (Å²) in [6, 6.07) is 24.9. The van der Waals surface area contributed by atoms with Crippen molar-refractivity contribution < 1.29 is 9.47 Å². The topological polar surface area (TPSA) is 67.6 Å². The first-order valence-electron chi connectivity index (χ1n) is 9.15. The molecule has 0 spiro atoms. The van der Waals surface area contributed by atoms with E-state index in [0.29, 0.717) is 30.5 Å². The number of anilines is 1. The zero-order valence-corrected chi connectivity index (χ0v) is 15.3. The molecule has 140 valence electrons. The van der Waals surface area contributed by atoms with Gasteiger partial charge in [0.2, 0.25) is 5.84 Å². The summed E-state index contributed by atoms with van der Waals surface area (Å²) in [6.45, 7) is 1.07. The Bertz CT molecular complexity index is 987.